The third-order valence-corrected chi connectivity index (χ3v) is 4.06. The van der Waals surface area contributed by atoms with E-state index in [1.54, 1.807) is 18.2 Å². The molecule has 0 bridgehead atoms. The summed E-state index contributed by atoms with van der Waals surface area (Å²) in [4.78, 5) is 3.76. The summed E-state index contributed by atoms with van der Waals surface area (Å²) < 4.78 is 23.9. The van der Waals surface area contributed by atoms with E-state index < -0.39 is 10.0 Å². The fourth-order valence-corrected chi connectivity index (χ4v) is 2.59. The second-order valence-electron chi connectivity index (χ2n) is 4.82. The van der Waals surface area contributed by atoms with E-state index in [1.807, 2.05) is 13.8 Å². The summed E-state index contributed by atoms with van der Waals surface area (Å²) >= 11 is 0. The number of sulfonamides is 1. The zero-order chi connectivity index (χ0) is 13.2. The molecule has 1 fully saturated rings. The van der Waals surface area contributed by atoms with Crippen molar-refractivity contribution in [3.63, 3.8) is 0 Å². The molecule has 0 aromatic heterocycles. The van der Waals surface area contributed by atoms with Gasteiger partial charge < -0.3 is 9.93 Å². The van der Waals surface area contributed by atoms with Crippen LogP contribution in [-0.2, 0) is 10.0 Å². The van der Waals surface area contributed by atoms with Crippen LogP contribution in [0.5, 0.6) is 0 Å². The van der Waals surface area contributed by atoms with Crippen LogP contribution >= 0.6 is 0 Å². The van der Waals surface area contributed by atoms with E-state index in [1.165, 1.54) is 12.1 Å². The summed E-state index contributed by atoms with van der Waals surface area (Å²) in [6.07, 6.45) is 2.19. The quantitative estimate of drug-likeness (QED) is 0.442. The molecule has 2 rings (SSSR count). The van der Waals surface area contributed by atoms with Crippen LogP contribution in [0.1, 0.15) is 26.7 Å². The Bertz CT molecular complexity index is 533. The van der Waals surface area contributed by atoms with Gasteiger partial charge in [-0.3, -0.25) is 0 Å². The molecular formula is C13H17KN2O2S. The summed E-state index contributed by atoms with van der Waals surface area (Å²) in [5.74, 6) is 0.673. The fraction of sp³-hybridized carbons (Fsp3) is 0.462. The SMILES string of the molecule is CC(C)/C(=N/[N-]S(=O)(=O)c1ccccc1)C1CC1.[K+]. The fourth-order valence-electron chi connectivity index (χ4n) is 1.79. The third kappa shape index (κ3) is 4.95. The van der Waals surface area contributed by atoms with Crippen LogP contribution in [0, 0.1) is 11.8 Å². The van der Waals surface area contributed by atoms with E-state index in [9.17, 15) is 8.42 Å². The second kappa shape index (κ2) is 7.33. The van der Waals surface area contributed by atoms with Gasteiger partial charge in [-0.05, 0) is 36.8 Å². The van der Waals surface area contributed by atoms with Crippen molar-refractivity contribution < 1.29 is 59.8 Å². The standard InChI is InChI=1S/C13H17N2O2S.K/c1-10(2)13(11-8-9-11)14-15-18(16,17)12-6-4-3-5-7-12;/h3-7,10-11H,8-9H2,1-2H3;/q-1;+1/b14-13-;. The molecular weight excluding hydrogens is 287 g/mol. The predicted octanol–water partition coefficient (Wildman–Crippen LogP) is 0.175. The van der Waals surface area contributed by atoms with Gasteiger partial charge in [0, 0.05) is 5.71 Å². The molecule has 0 heterocycles. The molecule has 0 N–H and O–H groups in total. The van der Waals surface area contributed by atoms with Gasteiger partial charge >= 0.3 is 51.4 Å². The molecule has 0 radical (unpaired) electrons. The minimum Gasteiger partial charge on any atom is -0.491 e. The van der Waals surface area contributed by atoms with Crippen molar-refractivity contribution in [2.75, 3.05) is 0 Å². The largest absolute Gasteiger partial charge is 1.00 e. The molecule has 19 heavy (non-hydrogen) atoms. The second-order valence-corrected chi connectivity index (χ2v) is 6.41. The minimum atomic E-state index is -3.66. The van der Waals surface area contributed by atoms with E-state index in [4.69, 9.17) is 0 Å². The molecule has 1 aliphatic rings. The van der Waals surface area contributed by atoms with Gasteiger partial charge in [0.2, 0.25) is 0 Å². The van der Waals surface area contributed by atoms with E-state index in [0.717, 1.165) is 18.6 Å². The summed E-state index contributed by atoms with van der Waals surface area (Å²) in [5, 5.41) is 3.99. The molecule has 0 aliphatic heterocycles. The third-order valence-electron chi connectivity index (χ3n) is 2.89. The smallest absolute Gasteiger partial charge is 0.491 e. The van der Waals surface area contributed by atoms with Gasteiger partial charge in [0.25, 0.3) is 0 Å². The molecule has 0 amide bonds. The molecule has 0 spiro atoms. The maximum absolute atomic E-state index is 11.9. The van der Waals surface area contributed by atoms with Crippen LogP contribution in [0.3, 0.4) is 0 Å². The van der Waals surface area contributed by atoms with Crippen molar-refractivity contribution in [2.24, 2.45) is 16.9 Å². The van der Waals surface area contributed by atoms with Gasteiger partial charge in [-0.25, -0.2) is 8.42 Å². The van der Waals surface area contributed by atoms with Crippen LogP contribution in [0.15, 0.2) is 40.3 Å². The Labute approximate surface area is 157 Å². The molecule has 0 saturated heterocycles. The van der Waals surface area contributed by atoms with Crippen LogP contribution in [0.2, 0.25) is 0 Å². The zero-order valence-electron chi connectivity index (χ0n) is 11.6. The Balaban J connectivity index is 0.00000180. The van der Waals surface area contributed by atoms with Crippen LogP contribution in [0.25, 0.3) is 4.83 Å². The molecule has 4 nitrogen and oxygen atoms in total. The number of rotatable bonds is 5. The Morgan fingerprint density at radius 1 is 1.26 bits per heavy atom. The van der Waals surface area contributed by atoms with Gasteiger partial charge in [0.1, 0.15) is 10.0 Å². The van der Waals surface area contributed by atoms with Gasteiger partial charge in [-0.15, -0.1) is 0 Å². The number of hydrogen-bond donors (Lipinski definition) is 0. The van der Waals surface area contributed by atoms with E-state index >= 15 is 0 Å². The molecule has 1 saturated carbocycles. The van der Waals surface area contributed by atoms with Gasteiger partial charge in [-0.1, -0.05) is 32.0 Å². The summed E-state index contributed by atoms with van der Waals surface area (Å²) in [6.45, 7) is 4.03. The first kappa shape index (κ1) is 17.3. The number of nitrogens with zero attached hydrogens (tertiary/aromatic N) is 2. The Kier molecular flexibility index (Phi) is 6.69. The van der Waals surface area contributed by atoms with Crippen molar-refractivity contribution in [1.82, 2.24) is 0 Å². The summed E-state index contributed by atoms with van der Waals surface area (Å²) in [6, 6.07) is 8.18. The predicted molar refractivity (Wildman–Crippen MR) is 72.0 cm³/mol. The van der Waals surface area contributed by atoms with Crippen molar-refractivity contribution in [2.45, 2.75) is 31.6 Å². The molecule has 98 valence electrons. The van der Waals surface area contributed by atoms with Crippen LogP contribution in [-0.4, -0.2) is 14.1 Å². The van der Waals surface area contributed by atoms with Crippen molar-refractivity contribution >= 4 is 15.7 Å². The van der Waals surface area contributed by atoms with Gasteiger partial charge in [0.05, 0.1) is 4.90 Å². The molecule has 1 aromatic rings. The molecule has 1 aromatic carbocycles. The van der Waals surface area contributed by atoms with E-state index in [0.29, 0.717) is 5.92 Å². The van der Waals surface area contributed by atoms with Crippen LogP contribution in [0.4, 0.5) is 0 Å². The molecule has 0 unspecified atom stereocenters. The Hall–Kier alpha value is 0.276. The monoisotopic (exact) mass is 304 g/mol. The molecule has 0 atom stereocenters. The molecule has 1 aliphatic carbocycles. The zero-order valence-corrected chi connectivity index (χ0v) is 15.5. The Morgan fingerprint density at radius 2 is 1.84 bits per heavy atom. The number of benzene rings is 1. The van der Waals surface area contributed by atoms with Crippen molar-refractivity contribution in [3.8, 4) is 0 Å². The maximum Gasteiger partial charge on any atom is 1.00 e. The molecule has 6 heteroatoms. The first-order chi connectivity index (χ1) is 8.50. The summed E-state index contributed by atoms with van der Waals surface area (Å²) in [5.41, 5.74) is 0.898. The van der Waals surface area contributed by atoms with E-state index in [-0.39, 0.29) is 62.2 Å². The van der Waals surface area contributed by atoms with Crippen molar-refractivity contribution in [3.05, 3.63) is 35.2 Å². The van der Waals surface area contributed by atoms with Crippen LogP contribution < -0.4 is 51.4 Å². The average molecular weight is 304 g/mol. The van der Waals surface area contributed by atoms with E-state index in [2.05, 4.69) is 9.93 Å². The normalized spacial score (nSPS) is 16.1. The maximum atomic E-state index is 11.9. The minimum absolute atomic E-state index is 0. The van der Waals surface area contributed by atoms with Crippen molar-refractivity contribution in [1.29, 1.82) is 0 Å². The summed E-state index contributed by atoms with van der Waals surface area (Å²) in [7, 11) is -3.66. The Morgan fingerprint density at radius 3 is 2.32 bits per heavy atom. The topological polar surface area (TPSA) is 60.6 Å². The van der Waals surface area contributed by atoms with Gasteiger partial charge in [0.15, 0.2) is 0 Å². The van der Waals surface area contributed by atoms with Gasteiger partial charge in [-0.2, -0.15) is 0 Å². The number of hydrogen-bond acceptors (Lipinski definition) is 3. The average Bonchev–Trinajstić information content (AvgIpc) is 3.14. The first-order valence-electron chi connectivity index (χ1n) is 6.10. The first-order valence-corrected chi connectivity index (χ1v) is 7.54.